The van der Waals surface area contributed by atoms with Crippen LogP contribution in [0.5, 0.6) is 0 Å². The lowest BCUT2D eigenvalue weighted by Gasteiger charge is -2.26. The Kier molecular flexibility index (Phi) is 4.27. The first kappa shape index (κ1) is 14.9. The van der Waals surface area contributed by atoms with Crippen molar-refractivity contribution < 1.29 is 4.79 Å². The van der Waals surface area contributed by atoms with E-state index < -0.39 is 0 Å². The van der Waals surface area contributed by atoms with Gasteiger partial charge in [0.25, 0.3) is 0 Å². The zero-order chi connectivity index (χ0) is 14.2. The van der Waals surface area contributed by atoms with Crippen molar-refractivity contribution in [2.75, 3.05) is 0 Å². The van der Waals surface area contributed by atoms with Gasteiger partial charge in [0.15, 0.2) is 0 Å². The lowest BCUT2D eigenvalue weighted by molar-refractivity contribution is -0.130. The van der Waals surface area contributed by atoms with Crippen molar-refractivity contribution in [3.63, 3.8) is 0 Å². The van der Waals surface area contributed by atoms with Crippen molar-refractivity contribution in [1.29, 1.82) is 0 Å². The zero-order valence-electron chi connectivity index (χ0n) is 11.7. The number of rotatable bonds is 2. The second kappa shape index (κ2) is 5.46. The Hall–Kier alpha value is -0.530. The number of ketones is 1. The largest absolute Gasteiger partial charge is 0.299 e. The van der Waals surface area contributed by atoms with Crippen LogP contribution in [-0.4, -0.2) is 5.78 Å². The molecule has 0 heterocycles. The maximum absolute atomic E-state index is 12.5. The molecular formula is C16H20Cl2O. The molecule has 1 aromatic carbocycles. The molecular weight excluding hydrogens is 279 g/mol. The van der Waals surface area contributed by atoms with Gasteiger partial charge in [-0.25, -0.2) is 0 Å². The highest BCUT2D eigenvalue weighted by molar-refractivity contribution is 6.42. The molecule has 1 aliphatic rings. The topological polar surface area (TPSA) is 17.1 Å². The molecule has 19 heavy (non-hydrogen) atoms. The number of Topliss-reactive ketones (excluding diaryl/α,β-unsaturated/α-hetero) is 1. The van der Waals surface area contributed by atoms with Gasteiger partial charge in [-0.1, -0.05) is 56.5 Å². The van der Waals surface area contributed by atoms with E-state index in [0.717, 1.165) is 24.8 Å². The molecule has 0 aromatic heterocycles. The molecule has 0 aliphatic heterocycles. The highest BCUT2D eigenvalue weighted by Crippen LogP contribution is 2.44. The summed E-state index contributed by atoms with van der Waals surface area (Å²) in [6.07, 6.45) is 3.16. The molecule has 1 saturated carbocycles. The Morgan fingerprint density at radius 3 is 2.42 bits per heavy atom. The smallest absolute Gasteiger partial charge is 0.141 e. The van der Waals surface area contributed by atoms with Crippen LogP contribution in [0.4, 0.5) is 0 Å². The van der Waals surface area contributed by atoms with Crippen molar-refractivity contribution in [2.24, 2.45) is 11.3 Å². The monoisotopic (exact) mass is 298 g/mol. The molecule has 0 N–H and O–H groups in total. The molecule has 0 unspecified atom stereocenters. The Morgan fingerprint density at radius 1 is 1.16 bits per heavy atom. The molecule has 0 radical (unpaired) electrons. The fraction of sp³-hybridized carbons (Fsp3) is 0.562. The second-order valence-corrected chi connectivity index (χ2v) is 7.25. The van der Waals surface area contributed by atoms with Crippen LogP contribution >= 0.6 is 23.2 Å². The Bertz CT molecular complexity index is 488. The van der Waals surface area contributed by atoms with E-state index in [4.69, 9.17) is 23.2 Å². The van der Waals surface area contributed by atoms with Crippen LogP contribution in [0.25, 0.3) is 0 Å². The molecule has 1 aromatic rings. The third-order valence-corrected chi connectivity index (χ3v) is 4.70. The molecule has 0 spiro atoms. The third kappa shape index (κ3) is 3.14. The van der Waals surface area contributed by atoms with E-state index in [1.165, 1.54) is 0 Å². The summed E-state index contributed by atoms with van der Waals surface area (Å²) < 4.78 is 0. The van der Waals surface area contributed by atoms with E-state index in [-0.39, 0.29) is 11.3 Å². The maximum atomic E-state index is 12.5. The van der Waals surface area contributed by atoms with Crippen LogP contribution < -0.4 is 0 Å². The first-order valence-electron chi connectivity index (χ1n) is 6.80. The van der Waals surface area contributed by atoms with E-state index in [0.29, 0.717) is 21.7 Å². The first-order valence-corrected chi connectivity index (χ1v) is 7.55. The van der Waals surface area contributed by atoms with E-state index in [1.54, 1.807) is 0 Å². The van der Waals surface area contributed by atoms with Crippen molar-refractivity contribution >= 4 is 29.0 Å². The predicted molar refractivity (Wildman–Crippen MR) is 81.0 cm³/mol. The summed E-state index contributed by atoms with van der Waals surface area (Å²) in [6.45, 7) is 6.00. The van der Waals surface area contributed by atoms with Crippen LogP contribution in [0.2, 0.25) is 10.0 Å². The predicted octanol–water partition coefficient (Wildman–Crippen LogP) is 5.49. The molecule has 2 rings (SSSR count). The summed E-state index contributed by atoms with van der Waals surface area (Å²) in [7, 11) is 0. The Balaban J connectivity index is 2.28. The van der Waals surface area contributed by atoms with E-state index in [2.05, 4.69) is 0 Å². The van der Waals surface area contributed by atoms with Crippen molar-refractivity contribution in [3.8, 4) is 0 Å². The average Bonchev–Trinajstić information content (AvgIpc) is 2.79. The number of halogens is 2. The van der Waals surface area contributed by atoms with E-state index in [9.17, 15) is 4.79 Å². The van der Waals surface area contributed by atoms with Gasteiger partial charge in [-0.05, 0) is 36.5 Å². The van der Waals surface area contributed by atoms with Gasteiger partial charge < -0.3 is 0 Å². The minimum absolute atomic E-state index is 0.122. The zero-order valence-corrected chi connectivity index (χ0v) is 13.2. The average molecular weight is 299 g/mol. The molecule has 3 heteroatoms. The van der Waals surface area contributed by atoms with Gasteiger partial charge in [-0.15, -0.1) is 0 Å². The minimum Gasteiger partial charge on any atom is -0.299 e. The summed E-state index contributed by atoms with van der Waals surface area (Å²) in [6, 6.07) is 5.76. The summed E-state index contributed by atoms with van der Waals surface area (Å²) in [5.74, 6) is 0.778. The summed E-state index contributed by atoms with van der Waals surface area (Å²) in [5.41, 5.74) is 0.873. The molecule has 0 amide bonds. The highest BCUT2D eigenvalue weighted by Gasteiger charge is 2.38. The highest BCUT2D eigenvalue weighted by atomic mass is 35.5. The van der Waals surface area contributed by atoms with E-state index in [1.807, 2.05) is 39.0 Å². The minimum atomic E-state index is -0.274. The van der Waals surface area contributed by atoms with Crippen LogP contribution in [0, 0.1) is 11.3 Å². The first-order chi connectivity index (χ1) is 8.80. The molecule has 0 bridgehead atoms. The van der Waals surface area contributed by atoms with Gasteiger partial charge in [-0.2, -0.15) is 0 Å². The Labute approximate surface area is 125 Å². The quantitative estimate of drug-likeness (QED) is 0.705. The molecule has 1 aliphatic carbocycles. The summed E-state index contributed by atoms with van der Waals surface area (Å²) in [5, 5.41) is 1.15. The number of benzene rings is 1. The van der Waals surface area contributed by atoms with Gasteiger partial charge in [0, 0.05) is 11.3 Å². The van der Waals surface area contributed by atoms with Gasteiger partial charge >= 0.3 is 0 Å². The number of carbonyl (C=O) groups excluding carboxylic acids is 1. The fourth-order valence-corrected chi connectivity index (χ4v) is 3.28. The van der Waals surface area contributed by atoms with E-state index >= 15 is 0 Å². The fourth-order valence-electron chi connectivity index (χ4n) is 2.97. The third-order valence-electron chi connectivity index (χ3n) is 3.96. The van der Waals surface area contributed by atoms with Gasteiger partial charge in [0.05, 0.1) is 10.0 Å². The van der Waals surface area contributed by atoms with Crippen molar-refractivity contribution in [2.45, 2.75) is 46.0 Å². The molecule has 1 nitrogen and oxygen atoms in total. The number of hydrogen-bond acceptors (Lipinski definition) is 1. The van der Waals surface area contributed by atoms with Crippen molar-refractivity contribution in [1.82, 2.24) is 0 Å². The van der Waals surface area contributed by atoms with Crippen molar-refractivity contribution in [3.05, 3.63) is 33.8 Å². The van der Waals surface area contributed by atoms with Crippen LogP contribution in [0.15, 0.2) is 18.2 Å². The van der Waals surface area contributed by atoms with Gasteiger partial charge in [0.2, 0.25) is 0 Å². The van der Waals surface area contributed by atoms with Gasteiger partial charge in [0.1, 0.15) is 5.78 Å². The van der Waals surface area contributed by atoms with Crippen LogP contribution in [0.3, 0.4) is 0 Å². The number of carbonyl (C=O) groups is 1. The van der Waals surface area contributed by atoms with Crippen LogP contribution in [-0.2, 0) is 4.79 Å². The van der Waals surface area contributed by atoms with Gasteiger partial charge in [-0.3, -0.25) is 4.79 Å². The second-order valence-electron chi connectivity index (χ2n) is 6.43. The molecule has 0 saturated heterocycles. The number of hydrogen-bond donors (Lipinski definition) is 0. The summed E-state index contributed by atoms with van der Waals surface area (Å²) >= 11 is 12.1. The Morgan fingerprint density at radius 2 is 1.84 bits per heavy atom. The standard InChI is InChI=1S/C16H20Cl2O/c1-16(2,3)15(19)12-6-4-5-11(12)10-7-8-13(17)14(18)9-10/h7-9,11-12H,4-6H2,1-3H3/t11-,12+/m0/s1. The SMILES string of the molecule is CC(C)(C)C(=O)[C@@H]1CCC[C@H]1c1ccc(Cl)c(Cl)c1. The maximum Gasteiger partial charge on any atom is 0.141 e. The molecule has 1 fully saturated rings. The normalized spacial score (nSPS) is 23.6. The summed E-state index contributed by atoms with van der Waals surface area (Å²) in [4.78, 5) is 12.5. The lowest BCUT2D eigenvalue weighted by Crippen LogP contribution is -2.29. The lowest BCUT2D eigenvalue weighted by atomic mass is 9.76. The molecule has 104 valence electrons. The van der Waals surface area contributed by atoms with Crippen LogP contribution in [0.1, 0.15) is 51.5 Å². The molecule has 2 atom stereocenters.